The van der Waals surface area contributed by atoms with E-state index in [0.717, 1.165) is 83.5 Å². The van der Waals surface area contributed by atoms with Crippen molar-refractivity contribution in [3.63, 3.8) is 0 Å². The highest BCUT2D eigenvalue weighted by Crippen LogP contribution is 2.43. The molecule has 1 N–H and O–H groups in total. The molecule has 0 saturated carbocycles. The summed E-state index contributed by atoms with van der Waals surface area (Å²) < 4.78 is 32.8. The molecule has 60 heavy (non-hydrogen) atoms. The van der Waals surface area contributed by atoms with E-state index in [2.05, 4.69) is 74.6 Å². The lowest BCUT2D eigenvalue weighted by atomic mass is 10.1. The van der Waals surface area contributed by atoms with Gasteiger partial charge in [0.1, 0.15) is 6.61 Å². The highest BCUT2D eigenvalue weighted by atomic mass is 31.2. The molecular weight excluding hydrogens is 772 g/mol. The van der Waals surface area contributed by atoms with Gasteiger partial charge < -0.3 is 14.4 Å². The van der Waals surface area contributed by atoms with Gasteiger partial charge in [0.2, 0.25) is 0 Å². The molecule has 0 aromatic carbocycles. The Morgan fingerprint density at radius 2 is 0.850 bits per heavy atom. The minimum Gasteiger partial charge on any atom is -0.462 e. The number of esters is 2. The summed E-state index contributed by atoms with van der Waals surface area (Å²) in [4.78, 5) is 34.9. The number of rotatable bonds is 45. The van der Waals surface area contributed by atoms with Crippen LogP contribution in [0.2, 0.25) is 0 Å². The van der Waals surface area contributed by atoms with Gasteiger partial charge in [-0.1, -0.05) is 190 Å². The van der Waals surface area contributed by atoms with Gasteiger partial charge in [-0.15, -0.1) is 0 Å². The lowest BCUT2D eigenvalue weighted by molar-refractivity contribution is -0.161. The Kier molecular flexibility index (Phi) is 44.5. The average molecular weight is 863 g/mol. The van der Waals surface area contributed by atoms with Crippen LogP contribution in [0.25, 0.3) is 0 Å². The molecule has 0 fully saturated rings. The van der Waals surface area contributed by atoms with Crippen LogP contribution in [0.15, 0.2) is 60.8 Å². The molecule has 0 aliphatic heterocycles. The average Bonchev–Trinajstić information content (AvgIpc) is 3.23. The van der Waals surface area contributed by atoms with Crippen LogP contribution in [0.3, 0.4) is 0 Å². The van der Waals surface area contributed by atoms with E-state index in [9.17, 15) is 19.0 Å². The molecule has 0 aliphatic carbocycles. The van der Waals surface area contributed by atoms with Crippen molar-refractivity contribution in [1.29, 1.82) is 0 Å². The van der Waals surface area contributed by atoms with Gasteiger partial charge in [0.15, 0.2) is 6.10 Å². The largest absolute Gasteiger partial charge is 0.472 e. The number of unbranched alkanes of at least 4 members (excludes halogenated alkanes) is 23. The molecule has 0 spiro atoms. The number of carbonyl (C=O) groups is 2. The molecule has 348 valence electrons. The van der Waals surface area contributed by atoms with Crippen molar-refractivity contribution in [2.75, 3.05) is 19.8 Å². The molecule has 0 amide bonds. The number of hydrogen-bond donors (Lipinski definition) is 1. The van der Waals surface area contributed by atoms with Crippen LogP contribution in [-0.4, -0.2) is 42.8 Å². The summed E-state index contributed by atoms with van der Waals surface area (Å²) in [6.07, 6.45) is 57.1. The van der Waals surface area contributed by atoms with E-state index in [1.165, 1.54) is 103 Å². The molecule has 2 unspecified atom stereocenters. The van der Waals surface area contributed by atoms with Gasteiger partial charge in [-0.25, -0.2) is 4.57 Å². The molecule has 0 bridgehead atoms. The van der Waals surface area contributed by atoms with Crippen LogP contribution in [0.1, 0.15) is 226 Å². The third kappa shape index (κ3) is 45.3. The molecule has 0 saturated heterocycles. The lowest BCUT2D eigenvalue weighted by Gasteiger charge is -2.19. The Morgan fingerprint density at radius 3 is 1.30 bits per heavy atom. The maximum atomic E-state index is 12.6. The second-order valence-electron chi connectivity index (χ2n) is 16.1. The zero-order valence-electron chi connectivity index (χ0n) is 38.9. The second-order valence-corrected chi connectivity index (χ2v) is 17.5. The van der Waals surface area contributed by atoms with Crippen LogP contribution in [-0.2, 0) is 32.7 Å². The molecule has 9 heteroatoms. The van der Waals surface area contributed by atoms with Gasteiger partial charge >= 0.3 is 19.8 Å². The van der Waals surface area contributed by atoms with Gasteiger partial charge in [0, 0.05) is 12.8 Å². The first kappa shape index (κ1) is 57.8. The number of hydrogen-bond acceptors (Lipinski definition) is 7. The van der Waals surface area contributed by atoms with E-state index in [1.807, 2.05) is 0 Å². The van der Waals surface area contributed by atoms with Crippen LogP contribution < -0.4 is 0 Å². The van der Waals surface area contributed by atoms with Gasteiger partial charge in [-0.2, -0.15) is 0 Å². The molecule has 2 atom stereocenters. The Balaban J connectivity index is 4.03. The lowest BCUT2D eigenvalue weighted by Crippen LogP contribution is -2.29. The Morgan fingerprint density at radius 1 is 0.467 bits per heavy atom. The van der Waals surface area contributed by atoms with Crippen LogP contribution in [0, 0.1) is 0 Å². The third-order valence-corrected chi connectivity index (χ3v) is 11.4. The molecule has 8 nitrogen and oxygen atoms in total. The van der Waals surface area contributed by atoms with Gasteiger partial charge in [-0.3, -0.25) is 18.6 Å². The molecular formula is C51H91O8P. The topological polar surface area (TPSA) is 108 Å². The maximum Gasteiger partial charge on any atom is 0.472 e. The molecule has 0 heterocycles. The fourth-order valence-corrected chi connectivity index (χ4v) is 7.49. The summed E-state index contributed by atoms with van der Waals surface area (Å²) in [5, 5.41) is 0. The third-order valence-electron chi connectivity index (χ3n) is 10.3. The molecule has 0 aromatic heterocycles. The van der Waals surface area contributed by atoms with Gasteiger partial charge in [0.25, 0.3) is 0 Å². The first-order chi connectivity index (χ1) is 29.3. The molecule has 0 aliphatic rings. The predicted octanol–water partition coefficient (Wildman–Crippen LogP) is 15.9. The number of phosphoric ester groups is 1. The first-order valence-electron chi connectivity index (χ1n) is 24.6. The van der Waals surface area contributed by atoms with Crippen LogP contribution in [0.5, 0.6) is 0 Å². The number of phosphoric acid groups is 1. The summed E-state index contributed by atoms with van der Waals surface area (Å²) in [5.41, 5.74) is 0. The van der Waals surface area contributed by atoms with Crippen molar-refractivity contribution >= 4 is 19.8 Å². The number of ether oxygens (including phenoxy) is 2. The number of allylic oxidation sites excluding steroid dienone is 10. The SMILES string of the molecule is CC/C=C\C/C=C\C/C=C\C/C=C\CCCCCCCCC(=O)OC(COC(=O)CCCCCCCCCCC/C=C\CCCCCCCCCC)COP(=O)(O)OCC. The normalized spacial score (nSPS) is 13.7. The van der Waals surface area contributed by atoms with Gasteiger partial charge in [-0.05, 0) is 84.0 Å². The maximum absolute atomic E-state index is 12.6. The van der Waals surface area contributed by atoms with Gasteiger partial charge in [0.05, 0.1) is 13.2 Å². The predicted molar refractivity (Wildman–Crippen MR) is 253 cm³/mol. The minimum atomic E-state index is -4.29. The Bertz CT molecular complexity index is 1160. The van der Waals surface area contributed by atoms with Crippen molar-refractivity contribution in [3.05, 3.63) is 60.8 Å². The van der Waals surface area contributed by atoms with Crippen molar-refractivity contribution in [3.8, 4) is 0 Å². The van der Waals surface area contributed by atoms with Crippen LogP contribution in [0.4, 0.5) is 0 Å². The molecule has 0 rings (SSSR count). The second kappa shape index (κ2) is 46.3. The van der Waals surface area contributed by atoms with Crippen molar-refractivity contribution < 1.29 is 37.6 Å². The fourth-order valence-electron chi connectivity index (χ4n) is 6.73. The fraction of sp³-hybridized carbons (Fsp3) is 0.765. The van der Waals surface area contributed by atoms with E-state index >= 15 is 0 Å². The monoisotopic (exact) mass is 863 g/mol. The van der Waals surface area contributed by atoms with E-state index < -0.39 is 26.5 Å². The summed E-state index contributed by atoms with van der Waals surface area (Å²) in [6, 6.07) is 0. The Hall–Kier alpha value is -2.25. The van der Waals surface area contributed by atoms with Crippen molar-refractivity contribution in [2.24, 2.45) is 0 Å². The zero-order chi connectivity index (χ0) is 43.9. The van der Waals surface area contributed by atoms with Crippen molar-refractivity contribution in [2.45, 2.75) is 232 Å². The smallest absolute Gasteiger partial charge is 0.462 e. The minimum absolute atomic E-state index is 0.00498. The zero-order valence-corrected chi connectivity index (χ0v) is 39.7. The first-order valence-corrected chi connectivity index (χ1v) is 26.1. The quantitative estimate of drug-likeness (QED) is 0.0279. The Labute approximate surface area is 369 Å². The summed E-state index contributed by atoms with van der Waals surface area (Å²) in [6.45, 7) is 5.36. The summed E-state index contributed by atoms with van der Waals surface area (Å²) >= 11 is 0. The molecule has 0 aromatic rings. The van der Waals surface area contributed by atoms with Crippen LogP contribution >= 0.6 is 7.82 Å². The highest BCUT2D eigenvalue weighted by molar-refractivity contribution is 7.47. The number of carbonyl (C=O) groups excluding carboxylic acids is 2. The summed E-state index contributed by atoms with van der Waals surface area (Å²) in [7, 11) is -4.29. The standard InChI is InChI=1S/C51H91O8P/c1-4-7-9-11-13-15-17-19-21-23-25-26-28-29-31-33-35-37-39-41-43-45-50(52)56-47-49(48-58-60(54,55)57-6-3)59-51(53)46-44-42-40-38-36-34-32-30-27-24-22-20-18-16-14-12-10-8-5-2/h8,10,14,16,20,22-23,25,27,30,49H,4-7,9,11-13,15,17-19,21,24,26,28-29,31-48H2,1-3H3,(H,54,55)/b10-8-,16-14-,22-20-,25-23-,30-27-. The molecule has 0 radical (unpaired) electrons. The summed E-state index contributed by atoms with van der Waals surface area (Å²) in [5.74, 6) is -0.814. The van der Waals surface area contributed by atoms with E-state index in [1.54, 1.807) is 6.92 Å². The van der Waals surface area contributed by atoms with E-state index in [-0.39, 0.29) is 32.0 Å². The van der Waals surface area contributed by atoms with Crippen molar-refractivity contribution in [1.82, 2.24) is 0 Å². The van der Waals surface area contributed by atoms with E-state index in [0.29, 0.717) is 6.42 Å². The highest BCUT2D eigenvalue weighted by Gasteiger charge is 2.25. The van der Waals surface area contributed by atoms with E-state index in [4.69, 9.17) is 18.5 Å².